The number of likely N-dealkylation sites (N-methyl/N-ethyl adjacent to an activating group) is 1. The number of thiophene rings is 1. The number of hydrogen-bond acceptors (Lipinski definition) is 3. The van der Waals surface area contributed by atoms with Gasteiger partial charge in [-0.2, -0.15) is 0 Å². The van der Waals surface area contributed by atoms with Crippen LogP contribution < -0.4 is 10.1 Å². The molecule has 1 heterocycles. The van der Waals surface area contributed by atoms with Crippen molar-refractivity contribution in [1.82, 2.24) is 5.32 Å². The summed E-state index contributed by atoms with van der Waals surface area (Å²) in [6, 6.07) is 9.45. The van der Waals surface area contributed by atoms with Crippen LogP contribution in [-0.2, 0) is 6.42 Å². The van der Waals surface area contributed by atoms with Gasteiger partial charge in [-0.3, -0.25) is 0 Å². The lowest BCUT2D eigenvalue weighted by Gasteiger charge is -2.15. The number of halogens is 1. The Hall–Kier alpha value is -1.39. The largest absolute Gasteiger partial charge is 0.494 e. The summed E-state index contributed by atoms with van der Waals surface area (Å²) in [4.78, 5) is 1.21. The Morgan fingerprint density at radius 1 is 1.33 bits per heavy atom. The Labute approximate surface area is 110 Å². The van der Waals surface area contributed by atoms with E-state index >= 15 is 0 Å². The molecule has 1 aromatic carbocycles. The summed E-state index contributed by atoms with van der Waals surface area (Å²) in [6.45, 7) is 0. The molecule has 0 radical (unpaired) electrons. The quantitative estimate of drug-likeness (QED) is 0.894. The first-order chi connectivity index (χ1) is 8.76. The van der Waals surface area contributed by atoms with Crippen LogP contribution in [0.4, 0.5) is 4.39 Å². The third kappa shape index (κ3) is 2.71. The molecule has 0 aliphatic carbocycles. The van der Waals surface area contributed by atoms with Crippen molar-refractivity contribution in [2.45, 2.75) is 12.5 Å². The average Bonchev–Trinajstić information content (AvgIpc) is 2.91. The average molecular weight is 265 g/mol. The Kier molecular flexibility index (Phi) is 4.33. The van der Waals surface area contributed by atoms with E-state index in [9.17, 15) is 4.39 Å². The molecule has 2 nitrogen and oxygen atoms in total. The highest BCUT2D eigenvalue weighted by Crippen LogP contribution is 2.26. The fourth-order valence-corrected chi connectivity index (χ4v) is 2.76. The van der Waals surface area contributed by atoms with Crippen molar-refractivity contribution < 1.29 is 9.13 Å². The standard InChI is InChI=1S/C14H16FNOS/c1-16-11(13-7-4-8-18-13)9-10-5-3-6-12(17-2)14(10)15/h3-8,11,16H,9H2,1-2H3. The smallest absolute Gasteiger partial charge is 0.168 e. The van der Waals surface area contributed by atoms with Gasteiger partial charge in [0.15, 0.2) is 11.6 Å². The van der Waals surface area contributed by atoms with Crippen molar-refractivity contribution in [3.63, 3.8) is 0 Å². The van der Waals surface area contributed by atoms with Crippen molar-refractivity contribution in [1.29, 1.82) is 0 Å². The minimum absolute atomic E-state index is 0.131. The van der Waals surface area contributed by atoms with Crippen LogP contribution in [0, 0.1) is 5.82 Å². The topological polar surface area (TPSA) is 21.3 Å². The van der Waals surface area contributed by atoms with Crippen LogP contribution in [0.1, 0.15) is 16.5 Å². The molecule has 2 aromatic rings. The first kappa shape index (κ1) is 13.1. The maximum absolute atomic E-state index is 14.1. The van der Waals surface area contributed by atoms with Crippen molar-refractivity contribution in [3.8, 4) is 5.75 Å². The highest BCUT2D eigenvalue weighted by Gasteiger charge is 2.15. The SMILES string of the molecule is CNC(Cc1cccc(OC)c1F)c1cccs1. The minimum Gasteiger partial charge on any atom is -0.494 e. The molecule has 0 aliphatic rings. The van der Waals surface area contributed by atoms with Crippen molar-refractivity contribution in [2.75, 3.05) is 14.2 Å². The van der Waals surface area contributed by atoms with Gasteiger partial charge in [0.25, 0.3) is 0 Å². The van der Waals surface area contributed by atoms with Crippen molar-refractivity contribution in [2.24, 2.45) is 0 Å². The monoisotopic (exact) mass is 265 g/mol. The van der Waals surface area contributed by atoms with Crippen LogP contribution in [0.3, 0.4) is 0 Å². The molecule has 1 atom stereocenters. The molecule has 1 N–H and O–H groups in total. The molecule has 1 unspecified atom stereocenters. The van der Waals surface area contributed by atoms with Gasteiger partial charge < -0.3 is 10.1 Å². The molecule has 0 saturated heterocycles. The normalized spacial score (nSPS) is 12.4. The molecule has 0 amide bonds. The van der Waals surface area contributed by atoms with Crippen LogP contribution in [0.2, 0.25) is 0 Å². The summed E-state index contributed by atoms with van der Waals surface area (Å²) in [7, 11) is 3.37. The Morgan fingerprint density at radius 2 is 2.17 bits per heavy atom. The van der Waals surface area contributed by atoms with Gasteiger partial charge in [-0.15, -0.1) is 11.3 Å². The molecule has 0 aliphatic heterocycles. The fraction of sp³-hybridized carbons (Fsp3) is 0.286. The lowest BCUT2D eigenvalue weighted by atomic mass is 10.0. The van der Waals surface area contributed by atoms with E-state index in [1.54, 1.807) is 23.5 Å². The summed E-state index contributed by atoms with van der Waals surface area (Å²) in [5.74, 6) is 0.0327. The minimum atomic E-state index is -0.267. The lowest BCUT2D eigenvalue weighted by Crippen LogP contribution is -2.18. The zero-order chi connectivity index (χ0) is 13.0. The van der Waals surface area contributed by atoms with E-state index in [0.29, 0.717) is 17.7 Å². The maximum atomic E-state index is 14.1. The van der Waals surface area contributed by atoms with Gasteiger partial charge in [0.2, 0.25) is 0 Å². The van der Waals surface area contributed by atoms with Crippen LogP contribution >= 0.6 is 11.3 Å². The zero-order valence-corrected chi connectivity index (χ0v) is 11.3. The number of rotatable bonds is 5. The van der Waals surface area contributed by atoms with E-state index in [-0.39, 0.29) is 11.9 Å². The summed E-state index contributed by atoms with van der Waals surface area (Å²) in [5, 5.41) is 5.25. The number of benzene rings is 1. The Balaban J connectivity index is 2.22. The first-order valence-electron chi connectivity index (χ1n) is 5.78. The molecule has 0 saturated carbocycles. The van der Waals surface area contributed by atoms with E-state index < -0.39 is 0 Å². The van der Waals surface area contributed by atoms with Gasteiger partial charge in [0.05, 0.1) is 7.11 Å². The van der Waals surface area contributed by atoms with Crippen molar-refractivity contribution in [3.05, 3.63) is 52.0 Å². The molecular weight excluding hydrogens is 249 g/mol. The van der Waals surface area contributed by atoms with Gasteiger partial charge in [-0.1, -0.05) is 18.2 Å². The molecule has 1 aromatic heterocycles. The van der Waals surface area contributed by atoms with E-state index in [1.165, 1.54) is 12.0 Å². The van der Waals surface area contributed by atoms with Gasteiger partial charge in [0.1, 0.15) is 0 Å². The van der Waals surface area contributed by atoms with Gasteiger partial charge in [0, 0.05) is 10.9 Å². The number of methoxy groups -OCH3 is 1. The van der Waals surface area contributed by atoms with Crippen LogP contribution in [0.25, 0.3) is 0 Å². The molecule has 96 valence electrons. The highest BCUT2D eigenvalue weighted by atomic mass is 32.1. The van der Waals surface area contributed by atoms with E-state index in [0.717, 1.165) is 0 Å². The molecular formula is C14H16FNOS. The fourth-order valence-electron chi connectivity index (χ4n) is 1.93. The van der Waals surface area contributed by atoms with Crippen molar-refractivity contribution >= 4 is 11.3 Å². The lowest BCUT2D eigenvalue weighted by molar-refractivity contribution is 0.383. The van der Waals surface area contributed by atoms with Crippen LogP contribution in [0.5, 0.6) is 5.75 Å². The van der Waals surface area contributed by atoms with Gasteiger partial charge >= 0.3 is 0 Å². The summed E-state index contributed by atoms with van der Waals surface area (Å²) in [5.41, 5.74) is 0.669. The van der Waals surface area contributed by atoms with Gasteiger partial charge in [-0.05, 0) is 36.5 Å². The van der Waals surface area contributed by atoms with Gasteiger partial charge in [-0.25, -0.2) is 4.39 Å². The van der Waals surface area contributed by atoms with E-state index in [1.807, 2.05) is 24.6 Å². The maximum Gasteiger partial charge on any atom is 0.168 e. The summed E-state index contributed by atoms with van der Waals surface area (Å²) >= 11 is 1.67. The number of nitrogens with one attached hydrogen (secondary N) is 1. The molecule has 0 bridgehead atoms. The molecule has 4 heteroatoms. The second-order valence-corrected chi connectivity index (χ2v) is 4.97. The Bertz CT molecular complexity index is 499. The highest BCUT2D eigenvalue weighted by molar-refractivity contribution is 7.10. The van der Waals surface area contributed by atoms with E-state index in [4.69, 9.17) is 4.74 Å². The Morgan fingerprint density at radius 3 is 2.78 bits per heavy atom. The third-order valence-electron chi connectivity index (χ3n) is 2.92. The molecule has 2 rings (SSSR count). The second kappa shape index (κ2) is 5.98. The third-order valence-corrected chi connectivity index (χ3v) is 3.91. The number of ether oxygens (including phenoxy) is 1. The van der Waals surface area contributed by atoms with Crippen LogP contribution in [-0.4, -0.2) is 14.2 Å². The molecule has 0 fully saturated rings. The summed E-state index contributed by atoms with van der Waals surface area (Å²) in [6.07, 6.45) is 0.611. The van der Waals surface area contributed by atoms with Crippen LogP contribution in [0.15, 0.2) is 35.7 Å². The predicted octanol–water partition coefficient (Wildman–Crippen LogP) is 3.40. The predicted molar refractivity (Wildman–Crippen MR) is 72.8 cm³/mol. The van der Waals surface area contributed by atoms with E-state index in [2.05, 4.69) is 11.4 Å². The summed E-state index contributed by atoms with van der Waals surface area (Å²) < 4.78 is 19.1. The molecule has 0 spiro atoms. The molecule has 18 heavy (non-hydrogen) atoms. The first-order valence-corrected chi connectivity index (χ1v) is 6.66. The second-order valence-electron chi connectivity index (χ2n) is 3.99. The zero-order valence-electron chi connectivity index (χ0n) is 10.4. The number of hydrogen-bond donors (Lipinski definition) is 1.